The molecule has 0 radical (unpaired) electrons. The molecule has 0 fully saturated rings. The molecule has 0 aliphatic carbocycles. The standard InChI is InChI=1S/C13H8O5/c1-2-5-17-8-3-4-9-10(13(15)16)7-12(14)18-11(9)6-8/h1,3-4,6-7H,5H2,(H,15,16). The van der Waals surface area contributed by atoms with E-state index >= 15 is 0 Å². The van der Waals surface area contributed by atoms with Crippen molar-refractivity contribution in [3.8, 4) is 18.1 Å². The fraction of sp³-hybridized carbons (Fsp3) is 0.0769. The van der Waals surface area contributed by atoms with Crippen LogP contribution in [0.1, 0.15) is 10.4 Å². The van der Waals surface area contributed by atoms with E-state index in [0.717, 1.165) is 6.07 Å². The van der Waals surface area contributed by atoms with E-state index in [-0.39, 0.29) is 17.8 Å². The van der Waals surface area contributed by atoms with Crippen molar-refractivity contribution in [2.75, 3.05) is 6.61 Å². The molecule has 1 aromatic heterocycles. The first kappa shape index (κ1) is 11.7. The fourth-order valence-electron chi connectivity index (χ4n) is 1.53. The first-order valence-electron chi connectivity index (χ1n) is 4.99. The highest BCUT2D eigenvalue weighted by molar-refractivity contribution is 6.01. The van der Waals surface area contributed by atoms with Crippen LogP contribution in [-0.4, -0.2) is 17.7 Å². The number of hydrogen-bond donors (Lipinski definition) is 1. The number of fused-ring (bicyclic) bond motifs is 1. The Kier molecular flexibility index (Phi) is 3.02. The predicted molar refractivity (Wildman–Crippen MR) is 63.8 cm³/mol. The predicted octanol–water partition coefficient (Wildman–Crippen LogP) is 1.50. The number of ether oxygens (including phenoxy) is 1. The average Bonchev–Trinajstić information content (AvgIpc) is 2.34. The first-order valence-corrected chi connectivity index (χ1v) is 4.99. The first-order chi connectivity index (χ1) is 8.61. The van der Waals surface area contributed by atoms with Crippen LogP contribution in [0, 0.1) is 12.3 Å². The summed E-state index contributed by atoms with van der Waals surface area (Å²) in [5.74, 6) is 1.52. The second-order valence-electron chi connectivity index (χ2n) is 3.44. The Morgan fingerprint density at radius 1 is 1.44 bits per heavy atom. The van der Waals surface area contributed by atoms with Gasteiger partial charge in [-0.15, -0.1) is 6.42 Å². The van der Waals surface area contributed by atoms with Crippen LogP contribution in [0.3, 0.4) is 0 Å². The zero-order valence-electron chi connectivity index (χ0n) is 9.17. The Balaban J connectivity index is 2.61. The summed E-state index contributed by atoms with van der Waals surface area (Å²) in [5.41, 5.74) is -0.687. The van der Waals surface area contributed by atoms with Gasteiger partial charge in [0.25, 0.3) is 0 Å². The summed E-state index contributed by atoms with van der Waals surface area (Å²) in [7, 11) is 0. The van der Waals surface area contributed by atoms with E-state index in [2.05, 4.69) is 5.92 Å². The lowest BCUT2D eigenvalue weighted by Crippen LogP contribution is -2.06. The molecular weight excluding hydrogens is 236 g/mol. The topological polar surface area (TPSA) is 76.7 Å². The molecule has 90 valence electrons. The Morgan fingerprint density at radius 3 is 2.89 bits per heavy atom. The number of rotatable bonds is 3. The van der Waals surface area contributed by atoms with E-state index in [1.165, 1.54) is 12.1 Å². The molecule has 0 bridgehead atoms. The molecule has 18 heavy (non-hydrogen) atoms. The van der Waals surface area contributed by atoms with Crippen LogP contribution in [0.25, 0.3) is 11.0 Å². The average molecular weight is 244 g/mol. The van der Waals surface area contributed by atoms with E-state index in [1.807, 2.05) is 0 Å². The minimum absolute atomic E-state index is 0.0777. The third kappa shape index (κ3) is 2.18. The Morgan fingerprint density at radius 2 is 2.22 bits per heavy atom. The van der Waals surface area contributed by atoms with Crippen LogP contribution in [0.2, 0.25) is 0 Å². The Hall–Kier alpha value is -2.74. The molecule has 0 unspecified atom stereocenters. The lowest BCUT2D eigenvalue weighted by atomic mass is 10.1. The van der Waals surface area contributed by atoms with Crippen molar-refractivity contribution < 1.29 is 19.1 Å². The van der Waals surface area contributed by atoms with E-state index in [4.69, 9.17) is 20.7 Å². The number of benzene rings is 1. The maximum atomic E-state index is 11.2. The summed E-state index contributed by atoms with van der Waals surface area (Å²) >= 11 is 0. The van der Waals surface area contributed by atoms with Crippen molar-refractivity contribution in [3.63, 3.8) is 0 Å². The second kappa shape index (κ2) is 4.63. The zero-order valence-corrected chi connectivity index (χ0v) is 9.17. The number of aromatic carboxylic acids is 1. The van der Waals surface area contributed by atoms with Crippen LogP contribution < -0.4 is 10.4 Å². The largest absolute Gasteiger partial charge is 0.481 e. The molecular formula is C13H8O5. The summed E-state index contributed by atoms with van der Waals surface area (Å²) in [6.07, 6.45) is 5.05. The van der Waals surface area contributed by atoms with Crippen LogP contribution in [0.5, 0.6) is 5.75 Å². The van der Waals surface area contributed by atoms with Gasteiger partial charge in [-0.1, -0.05) is 5.92 Å². The van der Waals surface area contributed by atoms with Gasteiger partial charge in [0.1, 0.15) is 17.9 Å². The highest BCUT2D eigenvalue weighted by atomic mass is 16.5. The van der Waals surface area contributed by atoms with E-state index in [1.54, 1.807) is 6.07 Å². The molecule has 0 amide bonds. The smallest absolute Gasteiger partial charge is 0.337 e. The van der Waals surface area contributed by atoms with Crippen molar-refractivity contribution in [2.45, 2.75) is 0 Å². The van der Waals surface area contributed by atoms with Gasteiger partial charge in [-0.05, 0) is 12.1 Å². The Bertz CT molecular complexity index is 705. The van der Waals surface area contributed by atoms with Crippen LogP contribution in [0.15, 0.2) is 33.5 Å². The van der Waals surface area contributed by atoms with Crippen molar-refractivity contribution in [2.24, 2.45) is 0 Å². The molecule has 5 heteroatoms. The van der Waals surface area contributed by atoms with Crippen LogP contribution >= 0.6 is 0 Å². The van der Waals surface area contributed by atoms with Gasteiger partial charge in [0.05, 0.1) is 5.56 Å². The van der Waals surface area contributed by atoms with Crippen molar-refractivity contribution >= 4 is 16.9 Å². The second-order valence-corrected chi connectivity index (χ2v) is 3.44. The number of terminal acetylenes is 1. The quantitative estimate of drug-likeness (QED) is 0.654. The van der Waals surface area contributed by atoms with E-state index < -0.39 is 11.6 Å². The van der Waals surface area contributed by atoms with E-state index in [0.29, 0.717) is 11.1 Å². The molecule has 1 N–H and O–H groups in total. The van der Waals surface area contributed by atoms with Gasteiger partial charge in [0.15, 0.2) is 0 Å². The number of hydrogen-bond acceptors (Lipinski definition) is 4. The SMILES string of the molecule is C#CCOc1ccc2c(C(=O)O)cc(=O)oc2c1. The molecule has 0 saturated heterocycles. The third-order valence-electron chi connectivity index (χ3n) is 2.27. The Labute approximate surface area is 102 Å². The zero-order chi connectivity index (χ0) is 13.1. The summed E-state index contributed by atoms with van der Waals surface area (Å²) in [5, 5.41) is 9.31. The highest BCUT2D eigenvalue weighted by Gasteiger charge is 2.12. The molecule has 0 aliphatic heterocycles. The monoisotopic (exact) mass is 244 g/mol. The number of carbonyl (C=O) groups is 1. The molecule has 0 atom stereocenters. The summed E-state index contributed by atoms with van der Waals surface area (Å²) in [6, 6.07) is 5.44. The van der Waals surface area contributed by atoms with E-state index in [9.17, 15) is 9.59 Å². The molecule has 0 aliphatic rings. The van der Waals surface area contributed by atoms with Crippen LogP contribution in [-0.2, 0) is 0 Å². The summed E-state index contributed by atoms with van der Waals surface area (Å²) in [6.45, 7) is 0.0777. The molecule has 2 aromatic rings. The molecule has 1 aromatic carbocycles. The van der Waals surface area contributed by atoms with Crippen LogP contribution in [0.4, 0.5) is 0 Å². The minimum atomic E-state index is -1.19. The number of carboxylic acid groups (broad SMARTS) is 1. The molecule has 0 spiro atoms. The molecule has 1 heterocycles. The van der Waals surface area contributed by atoms with Crippen molar-refractivity contribution in [1.29, 1.82) is 0 Å². The van der Waals surface area contributed by atoms with Gasteiger partial charge in [-0.25, -0.2) is 9.59 Å². The minimum Gasteiger partial charge on any atom is -0.481 e. The molecule has 5 nitrogen and oxygen atoms in total. The van der Waals surface area contributed by atoms with Crippen molar-refractivity contribution in [1.82, 2.24) is 0 Å². The van der Waals surface area contributed by atoms with Gasteiger partial charge >= 0.3 is 11.6 Å². The van der Waals surface area contributed by atoms with Crippen molar-refractivity contribution in [3.05, 3.63) is 40.2 Å². The lowest BCUT2D eigenvalue weighted by Gasteiger charge is -2.04. The van der Waals surface area contributed by atoms with Gasteiger partial charge in [-0.2, -0.15) is 0 Å². The summed E-state index contributed by atoms with van der Waals surface area (Å²) in [4.78, 5) is 22.2. The maximum absolute atomic E-state index is 11.2. The van der Waals surface area contributed by atoms with Gasteiger partial charge < -0.3 is 14.3 Å². The maximum Gasteiger partial charge on any atom is 0.337 e. The van der Waals surface area contributed by atoms with Gasteiger partial charge in [0, 0.05) is 17.5 Å². The fourth-order valence-corrected chi connectivity index (χ4v) is 1.53. The third-order valence-corrected chi connectivity index (χ3v) is 2.27. The van der Waals surface area contributed by atoms with Gasteiger partial charge in [0.2, 0.25) is 0 Å². The normalized spacial score (nSPS) is 9.94. The summed E-state index contributed by atoms with van der Waals surface area (Å²) < 4.78 is 10.1. The highest BCUT2D eigenvalue weighted by Crippen LogP contribution is 2.22. The number of carboxylic acids is 1. The van der Waals surface area contributed by atoms with Gasteiger partial charge in [-0.3, -0.25) is 0 Å². The lowest BCUT2D eigenvalue weighted by molar-refractivity contribution is 0.0698. The molecule has 2 rings (SSSR count). The molecule has 0 saturated carbocycles.